The summed E-state index contributed by atoms with van der Waals surface area (Å²) in [6, 6.07) is 0. The molecule has 4 N–H and O–H groups in total. The largest absolute Gasteiger partial charge is 0.448 e. The maximum absolute atomic E-state index is 12.2. The Hall–Kier alpha value is -1.02. The number of rotatable bonds is 22. The molecule has 0 unspecified atom stereocenters. The minimum atomic E-state index is -1.98. The second-order valence-electron chi connectivity index (χ2n) is 9.52. The van der Waals surface area contributed by atoms with Crippen LogP contribution < -0.4 is 0 Å². The Bertz CT molecular complexity index is 511. The van der Waals surface area contributed by atoms with E-state index in [0.717, 1.165) is 26.2 Å². The van der Waals surface area contributed by atoms with Gasteiger partial charge in [-0.25, -0.2) is 0 Å². The van der Waals surface area contributed by atoms with Crippen LogP contribution in [0.15, 0.2) is 0 Å². The highest BCUT2D eigenvalue weighted by Gasteiger charge is 2.47. The van der Waals surface area contributed by atoms with E-state index in [1.165, 1.54) is 77.6 Å². The molecular formula is C26H50O7. The smallest absolute Gasteiger partial charge is 0.306 e. The summed E-state index contributed by atoms with van der Waals surface area (Å²) in [4.78, 5) is 24.2. The number of Topliss-reactive ketones (excluding diaryl/α,β-unsaturated/α-hetero) is 1. The molecule has 0 bridgehead atoms. The SMILES string of the molecule is CCCCCCCCCCCCCCCCCC(=O)O[C@@](C)(C(C)=O)[C@@H](O)[C@H](O)[C@H](O)CO. The van der Waals surface area contributed by atoms with Gasteiger partial charge in [-0.15, -0.1) is 0 Å². The van der Waals surface area contributed by atoms with Crippen LogP contribution >= 0.6 is 0 Å². The predicted molar refractivity (Wildman–Crippen MR) is 130 cm³/mol. The highest BCUT2D eigenvalue weighted by atomic mass is 16.6. The summed E-state index contributed by atoms with van der Waals surface area (Å²) in [6.45, 7) is 3.80. The zero-order chi connectivity index (χ0) is 25.1. The van der Waals surface area contributed by atoms with Crippen molar-refractivity contribution in [2.45, 2.75) is 147 Å². The van der Waals surface area contributed by atoms with Gasteiger partial charge in [0.15, 0.2) is 11.4 Å². The lowest BCUT2D eigenvalue weighted by Gasteiger charge is -2.35. The molecule has 7 nitrogen and oxygen atoms in total. The van der Waals surface area contributed by atoms with Gasteiger partial charge >= 0.3 is 5.97 Å². The Morgan fingerprint density at radius 3 is 1.52 bits per heavy atom. The summed E-state index contributed by atoms with van der Waals surface area (Å²) < 4.78 is 5.20. The van der Waals surface area contributed by atoms with E-state index in [1.807, 2.05) is 0 Å². The zero-order valence-corrected chi connectivity index (χ0v) is 21.3. The second-order valence-corrected chi connectivity index (χ2v) is 9.52. The number of ketones is 1. The molecule has 0 amide bonds. The number of hydrogen-bond donors (Lipinski definition) is 4. The first-order valence-electron chi connectivity index (χ1n) is 13.1. The maximum Gasteiger partial charge on any atom is 0.306 e. The van der Waals surface area contributed by atoms with E-state index in [4.69, 9.17) is 9.84 Å². The first-order valence-corrected chi connectivity index (χ1v) is 13.1. The fourth-order valence-corrected chi connectivity index (χ4v) is 3.91. The number of hydrogen-bond acceptors (Lipinski definition) is 7. The molecule has 196 valence electrons. The highest BCUT2D eigenvalue weighted by molar-refractivity contribution is 5.88. The minimum absolute atomic E-state index is 0.118. The minimum Gasteiger partial charge on any atom is -0.448 e. The first-order chi connectivity index (χ1) is 15.7. The van der Waals surface area contributed by atoms with Crippen LogP contribution in [0.2, 0.25) is 0 Å². The molecule has 0 aromatic heterocycles. The van der Waals surface area contributed by atoms with Crippen molar-refractivity contribution in [3.63, 3.8) is 0 Å². The molecule has 0 aliphatic carbocycles. The summed E-state index contributed by atoms with van der Waals surface area (Å²) in [5.74, 6) is -1.28. The molecule has 0 aromatic rings. The van der Waals surface area contributed by atoms with Crippen molar-refractivity contribution >= 4 is 11.8 Å². The molecule has 0 fully saturated rings. The molecule has 0 aliphatic rings. The lowest BCUT2D eigenvalue weighted by atomic mass is 9.88. The third-order valence-electron chi connectivity index (χ3n) is 6.48. The third kappa shape index (κ3) is 14.1. The Balaban J connectivity index is 3.90. The van der Waals surface area contributed by atoms with Crippen LogP contribution in [0.1, 0.15) is 124 Å². The van der Waals surface area contributed by atoms with Crippen molar-refractivity contribution in [3.8, 4) is 0 Å². The first kappa shape index (κ1) is 32.0. The Morgan fingerprint density at radius 2 is 1.15 bits per heavy atom. The monoisotopic (exact) mass is 474 g/mol. The van der Waals surface area contributed by atoms with E-state index in [9.17, 15) is 24.9 Å². The van der Waals surface area contributed by atoms with Crippen LogP contribution in [0.5, 0.6) is 0 Å². The van der Waals surface area contributed by atoms with E-state index in [2.05, 4.69) is 6.92 Å². The Labute approximate surface area is 200 Å². The van der Waals surface area contributed by atoms with Gasteiger partial charge in [-0.2, -0.15) is 0 Å². The number of aliphatic hydroxyl groups is 4. The molecule has 0 saturated heterocycles. The topological polar surface area (TPSA) is 124 Å². The number of ether oxygens (including phenoxy) is 1. The van der Waals surface area contributed by atoms with Gasteiger partial charge in [-0.3, -0.25) is 9.59 Å². The van der Waals surface area contributed by atoms with Crippen molar-refractivity contribution in [2.75, 3.05) is 6.61 Å². The van der Waals surface area contributed by atoms with Gasteiger partial charge in [0.25, 0.3) is 0 Å². The number of unbranched alkanes of at least 4 members (excludes halogenated alkanes) is 14. The summed E-state index contributed by atoms with van der Waals surface area (Å²) >= 11 is 0. The van der Waals surface area contributed by atoms with Crippen molar-refractivity contribution in [1.29, 1.82) is 0 Å². The van der Waals surface area contributed by atoms with E-state index < -0.39 is 42.3 Å². The van der Waals surface area contributed by atoms with E-state index in [-0.39, 0.29) is 6.42 Å². The van der Waals surface area contributed by atoms with Crippen molar-refractivity contribution in [1.82, 2.24) is 0 Å². The van der Waals surface area contributed by atoms with Gasteiger partial charge in [0.1, 0.15) is 18.3 Å². The predicted octanol–water partition coefficient (Wildman–Crippen LogP) is 4.21. The lowest BCUT2D eigenvalue weighted by Crippen LogP contribution is -2.57. The number of aliphatic hydroxyl groups excluding tert-OH is 4. The van der Waals surface area contributed by atoms with Gasteiger partial charge in [-0.1, -0.05) is 96.8 Å². The van der Waals surface area contributed by atoms with Crippen LogP contribution in [0.25, 0.3) is 0 Å². The fraction of sp³-hybridized carbons (Fsp3) is 0.923. The van der Waals surface area contributed by atoms with Crippen LogP contribution in [0.4, 0.5) is 0 Å². The standard InChI is InChI=1S/C26H50O7/c1-4-5-6-7-8-9-10-11-12-13-14-15-16-17-18-19-23(30)33-26(3,21(2)28)25(32)24(31)22(29)20-27/h22,24-25,27,29,31-32H,4-20H2,1-3H3/t22-,24-,25+,26+/m1/s1. The van der Waals surface area contributed by atoms with Gasteiger partial charge < -0.3 is 25.2 Å². The van der Waals surface area contributed by atoms with Gasteiger partial charge in [-0.05, 0) is 20.3 Å². The molecule has 0 aliphatic heterocycles. The molecule has 0 rings (SSSR count). The molecule has 7 heteroatoms. The van der Waals surface area contributed by atoms with Crippen molar-refractivity contribution in [2.24, 2.45) is 0 Å². The average Bonchev–Trinajstić information content (AvgIpc) is 2.79. The van der Waals surface area contributed by atoms with E-state index in [0.29, 0.717) is 6.42 Å². The van der Waals surface area contributed by atoms with Crippen LogP contribution in [-0.2, 0) is 14.3 Å². The molecule has 33 heavy (non-hydrogen) atoms. The summed E-state index contributed by atoms with van der Waals surface area (Å²) in [6.07, 6.45) is 13.1. The van der Waals surface area contributed by atoms with Crippen LogP contribution in [-0.4, -0.2) is 62.7 Å². The Kier molecular flexibility index (Phi) is 18.7. The number of carbonyl (C=O) groups is 2. The summed E-state index contributed by atoms with van der Waals surface area (Å²) in [5, 5.41) is 38.6. The summed E-state index contributed by atoms with van der Waals surface area (Å²) in [7, 11) is 0. The van der Waals surface area contributed by atoms with Crippen molar-refractivity contribution in [3.05, 3.63) is 0 Å². The quantitative estimate of drug-likeness (QED) is 0.137. The molecule has 0 saturated carbocycles. The molecular weight excluding hydrogens is 424 g/mol. The normalized spacial score (nSPS) is 16.1. The Morgan fingerprint density at radius 1 is 0.758 bits per heavy atom. The zero-order valence-electron chi connectivity index (χ0n) is 21.3. The number of carbonyl (C=O) groups excluding carboxylic acids is 2. The highest BCUT2D eigenvalue weighted by Crippen LogP contribution is 2.23. The molecule has 4 atom stereocenters. The molecule has 0 aromatic carbocycles. The van der Waals surface area contributed by atoms with Crippen molar-refractivity contribution < 1.29 is 34.8 Å². The van der Waals surface area contributed by atoms with E-state index >= 15 is 0 Å². The lowest BCUT2D eigenvalue weighted by molar-refractivity contribution is -0.193. The van der Waals surface area contributed by atoms with Gasteiger partial charge in [0.2, 0.25) is 0 Å². The van der Waals surface area contributed by atoms with Gasteiger partial charge in [0.05, 0.1) is 6.61 Å². The van der Waals surface area contributed by atoms with E-state index in [1.54, 1.807) is 0 Å². The number of esters is 1. The van der Waals surface area contributed by atoms with Gasteiger partial charge in [0, 0.05) is 6.42 Å². The summed E-state index contributed by atoms with van der Waals surface area (Å²) in [5.41, 5.74) is -1.98. The third-order valence-corrected chi connectivity index (χ3v) is 6.48. The molecule has 0 spiro atoms. The molecule has 0 radical (unpaired) electrons. The second kappa shape index (κ2) is 19.3. The average molecular weight is 475 g/mol. The fourth-order valence-electron chi connectivity index (χ4n) is 3.91. The molecule has 0 heterocycles. The maximum atomic E-state index is 12.2. The van der Waals surface area contributed by atoms with Crippen LogP contribution in [0, 0.1) is 0 Å². The van der Waals surface area contributed by atoms with Crippen LogP contribution in [0.3, 0.4) is 0 Å².